The van der Waals surface area contributed by atoms with Crippen molar-refractivity contribution in [2.75, 3.05) is 26.2 Å². The van der Waals surface area contributed by atoms with Crippen molar-refractivity contribution in [3.05, 3.63) is 29.8 Å². The van der Waals surface area contributed by atoms with Crippen molar-refractivity contribution in [1.29, 1.82) is 0 Å². The Bertz CT molecular complexity index is 637. The van der Waals surface area contributed by atoms with E-state index in [1.165, 1.54) is 12.8 Å². The first kappa shape index (κ1) is 20.6. The zero-order chi connectivity index (χ0) is 19.8. The molecule has 1 saturated carbocycles. The number of nitrogens with one attached hydrogen (secondary N) is 3. The van der Waals surface area contributed by atoms with Crippen LogP contribution in [0, 0.1) is 11.8 Å². The average Bonchev–Trinajstić information content (AvgIpc) is 3.52. The molecular weight excluding hydrogens is 354 g/mol. The third kappa shape index (κ3) is 7.15. The quantitative estimate of drug-likeness (QED) is 0.574. The fourth-order valence-electron chi connectivity index (χ4n) is 3.69. The van der Waals surface area contributed by atoms with Gasteiger partial charge in [0.05, 0.1) is 0 Å². The van der Waals surface area contributed by atoms with Crippen LogP contribution in [-0.4, -0.2) is 44.1 Å². The first-order valence-corrected chi connectivity index (χ1v) is 10.6. The molecule has 3 rings (SSSR count). The molecule has 1 unspecified atom stereocenters. The number of rotatable bonds is 10. The molecule has 2 amide bonds. The van der Waals surface area contributed by atoms with Crippen LogP contribution in [0.3, 0.4) is 0 Å². The zero-order valence-corrected chi connectivity index (χ0v) is 16.8. The van der Waals surface area contributed by atoms with E-state index in [0.717, 1.165) is 37.9 Å². The Morgan fingerprint density at radius 3 is 2.50 bits per heavy atom. The van der Waals surface area contributed by atoms with E-state index in [1.807, 2.05) is 24.3 Å². The van der Waals surface area contributed by atoms with Crippen LogP contribution in [0.4, 0.5) is 0 Å². The molecule has 2 fully saturated rings. The third-order valence-corrected chi connectivity index (χ3v) is 5.67. The van der Waals surface area contributed by atoms with Crippen LogP contribution in [0.25, 0.3) is 0 Å². The van der Waals surface area contributed by atoms with Crippen LogP contribution in [0.1, 0.15) is 44.6 Å². The summed E-state index contributed by atoms with van der Waals surface area (Å²) in [4.78, 5) is 23.8. The molecule has 1 heterocycles. The van der Waals surface area contributed by atoms with Gasteiger partial charge in [0.2, 0.25) is 5.91 Å². The van der Waals surface area contributed by atoms with Gasteiger partial charge >= 0.3 is 0 Å². The largest absolute Gasteiger partial charge is 0.484 e. The molecule has 0 radical (unpaired) electrons. The summed E-state index contributed by atoms with van der Waals surface area (Å²) in [5.74, 6) is 1.87. The number of carbonyl (C=O) groups is 2. The van der Waals surface area contributed by atoms with Crippen LogP contribution in [-0.2, 0) is 16.0 Å². The van der Waals surface area contributed by atoms with Crippen molar-refractivity contribution in [2.24, 2.45) is 11.8 Å². The van der Waals surface area contributed by atoms with Gasteiger partial charge in [0.25, 0.3) is 5.91 Å². The van der Waals surface area contributed by atoms with Gasteiger partial charge in [-0.15, -0.1) is 0 Å². The summed E-state index contributed by atoms with van der Waals surface area (Å²) in [6.07, 6.45) is 5.90. The van der Waals surface area contributed by atoms with Crippen LogP contribution >= 0.6 is 0 Å². The second-order valence-corrected chi connectivity index (χ2v) is 8.14. The van der Waals surface area contributed by atoms with E-state index in [4.69, 9.17) is 4.74 Å². The van der Waals surface area contributed by atoms with Crippen LogP contribution in [0.5, 0.6) is 5.75 Å². The first-order valence-electron chi connectivity index (χ1n) is 10.6. The topological polar surface area (TPSA) is 79.5 Å². The predicted octanol–water partition coefficient (Wildman–Crippen LogP) is 2.03. The maximum atomic E-state index is 12.2. The lowest BCUT2D eigenvalue weighted by Gasteiger charge is -2.27. The van der Waals surface area contributed by atoms with Gasteiger partial charge in [-0.25, -0.2) is 0 Å². The third-order valence-electron chi connectivity index (χ3n) is 5.67. The van der Waals surface area contributed by atoms with E-state index in [-0.39, 0.29) is 18.4 Å². The zero-order valence-electron chi connectivity index (χ0n) is 16.8. The van der Waals surface area contributed by atoms with Gasteiger partial charge < -0.3 is 20.7 Å². The Morgan fingerprint density at radius 1 is 1.11 bits per heavy atom. The fourth-order valence-corrected chi connectivity index (χ4v) is 3.69. The van der Waals surface area contributed by atoms with Gasteiger partial charge in [-0.1, -0.05) is 19.1 Å². The van der Waals surface area contributed by atoms with Gasteiger partial charge in [0.15, 0.2) is 6.61 Å². The minimum atomic E-state index is -0.0620. The van der Waals surface area contributed by atoms with E-state index in [9.17, 15) is 9.59 Å². The Kier molecular flexibility index (Phi) is 7.71. The van der Waals surface area contributed by atoms with Crippen molar-refractivity contribution in [3.8, 4) is 5.75 Å². The molecular formula is C22H33N3O3. The van der Waals surface area contributed by atoms with Crippen LogP contribution in [0.2, 0.25) is 0 Å². The Morgan fingerprint density at radius 2 is 1.82 bits per heavy atom. The fraction of sp³-hybridized carbons (Fsp3) is 0.636. The normalized spacial score (nSPS) is 18.3. The van der Waals surface area contributed by atoms with Crippen LogP contribution < -0.4 is 20.7 Å². The summed E-state index contributed by atoms with van der Waals surface area (Å²) < 4.78 is 5.51. The molecule has 2 aliphatic rings. The SMILES string of the molecule is CC(CC(=O)NCCc1ccc(OCC(=O)NC2CC2)cc1)C1CCNCC1. The van der Waals surface area contributed by atoms with E-state index < -0.39 is 0 Å². The maximum absolute atomic E-state index is 12.2. The minimum absolute atomic E-state index is 0.0567. The number of hydrogen-bond donors (Lipinski definition) is 3. The molecule has 1 aliphatic heterocycles. The molecule has 6 nitrogen and oxygen atoms in total. The number of amides is 2. The molecule has 1 aliphatic carbocycles. The highest BCUT2D eigenvalue weighted by Crippen LogP contribution is 2.24. The summed E-state index contributed by atoms with van der Waals surface area (Å²) in [5.41, 5.74) is 1.14. The molecule has 0 bridgehead atoms. The standard InChI is InChI=1S/C22H33N3O3/c1-16(18-9-11-23-12-10-18)14-21(26)24-13-8-17-2-6-20(7-3-17)28-15-22(27)25-19-4-5-19/h2-3,6-7,16,18-19,23H,4-5,8-15H2,1H3,(H,24,26)(H,25,27). The maximum Gasteiger partial charge on any atom is 0.258 e. The number of ether oxygens (including phenoxy) is 1. The lowest BCUT2D eigenvalue weighted by Crippen LogP contribution is -2.34. The van der Waals surface area contributed by atoms with Crippen LogP contribution in [0.15, 0.2) is 24.3 Å². The van der Waals surface area contributed by atoms with E-state index in [1.54, 1.807) is 0 Å². The summed E-state index contributed by atoms with van der Waals surface area (Å²) in [7, 11) is 0. The monoisotopic (exact) mass is 387 g/mol. The molecule has 1 atom stereocenters. The Hall–Kier alpha value is -2.08. The van der Waals surface area contributed by atoms with E-state index in [2.05, 4.69) is 22.9 Å². The number of benzene rings is 1. The smallest absolute Gasteiger partial charge is 0.258 e. The van der Waals surface area contributed by atoms with E-state index in [0.29, 0.717) is 36.6 Å². The lowest BCUT2D eigenvalue weighted by molar-refractivity contribution is -0.123. The molecule has 1 aromatic rings. The summed E-state index contributed by atoms with van der Waals surface area (Å²) in [5, 5.41) is 9.32. The molecule has 1 saturated heterocycles. The van der Waals surface area contributed by atoms with Crippen molar-refractivity contribution in [2.45, 2.75) is 51.5 Å². The van der Waals surface area contributed by atoms with Gasteiger partial charge in [0, 0.05) is 19.0 Å². The van der Waals surface area contributed by atoms with Gasteiger partial charge in [-0.05, 0) is 74.7 Å². The molecule has 28 heavy (non-hydrogen) atoms. The van der Waals surface area contributed by atoms with Gasteiger partial charge in [-0.2, -0.15) is 0 Å². The van der Waals surface area contributed by atoms with Crippen molar-refractivity contribution in [1.82, 2.24) is 16.0 Å². The molecule has 1 aromatic carbocycles. The lowest BCUT2D eigenvalue weighted by atomic mass is 9.84. The Balaban J connectivity index is 1.30. The van der Waals surface area contributed by atoms with Crippen molar-refractivity contribution >= 4 is 11.8 Å². The van der Waals surface area contributed by atoms with Gasteiger partial charge in [0.1, 0.15) is 5.75 Å². The summed E-state index contributed by atoms with van der Waals surface area (Å²) in [6, 6.07) is 8.08. The average molecular weight is 388 g/mol. The van der Waals surface area contributed by atoms with Crippen molar-refractivity contribution < 1.29 is 14.3 Å². The van der Waals surface area contributed by atoms with Crippen molar-refractivity contribution in [3.63, 3.8) is 0 Å². The molecule has 6 heteroatoms. The highest BCUT2D eigenvalue weighted by atomic mass is 16.5. The molecule has 154 valence electrons. The predicted molar refractivity (Wildman–Crippen MR) is 109 cm³/mol. The molecule has 0 aromatic heterocycles. The number of piperidine rings is 1. The summed E-state index contributed by atoms with van der Waals surface area (Å²) in [6.45, 7) is 5.03. The van der Waals surface area contributed by atoms with Gasteiger partial charge in [-0.3, -0.25) is 9.59 Å². The highest BCUT2D eigenvalue weighted by molar-refractivity contribution is 5.78. The summed E-state index contributed by atoms with van der Waals surface area (Å²) >= 11 is 0. The number of carbonyl (C=O) groups excluding carboxylic acids is 2. The molecule has 0 spiro atoms. The number of hydrogen-bond acceptors (Lipinski definition) is 4. The second-order valence-electron chi connectivity index (χ2n) is 8.14. The van der Waals surface area contributed by atoms with E-state index >= 15 is 0 Å². The minimum Gasteiger partial charge on any atom is -0.484 e. The Labute approximate surface area is 167 Å². The highest BCUT2D eigenvalue weighted by Gasteiger charge is 2.23. The second kappa shape index (κ2) is 10.5. The molecule has 3 N–H and O–H groups in total. The first-order chi connectivity index (χ1) is 13.6.